The van der Waals surface area contributed by atoms with Gasteiger partial charge in [0.15, 0.2) is 0 Å². The molecule has 160 valence electrons. The summed E-state index contributed by atoms with van der Waals surface area (Å²) in [4.78, 5) is 27.8. The van der Waals surface area contributed by atoms with Gasteiger partial charge < -0.3 is 15.3 Å². The largest absolute Gasteiger partial charge is 0.478 e. The van der Waals surface area contributed by atoms with Crippen LogP contribution in [0.3, 0.4) is 0 Å². The number of aromatic carboxylic acids is 1. The number of anilines is 2. The summed E-state index contributed by atoms with van der Waals surface area (Å²) in [6, 6.07) is 16.6. The SMILES string of the molecule is O=C(Cc1ccccc1)Nc1nnc(N2CCN(Cc3cccc(C(=O)O)c3)CC2)s1. The molecule has 0 unspecified atom stereocenters. The van der Waals surface area contributed by atoms with Crippen molar-refractivity contribution in [1.29, 1.82) is 0 Å². The number of aromatic nitrogens is 2. The number of nitrogens with one attached hydrogen (secondary N) is 1. The minimum atomic E-state index is -0.908. The molecule has 0 atom stereocenters. The molecule has 2 N–H and O–H groups in total. The van der Waals surface area contributed by atoms with Crippen molar-refractivity contribution < 1.29 is 14.7 Å². The van der Waals surface area contributed by atoms with Crippen molar-refractivity contribution in [2.24, 2.45) is 0 Å². The van der Waals surface area contributed by atoms with Gasteiger partial charge in [0.25, 0.3) is 0 Å². The molecule has 8 nitrogen and oxygen atoms in total. The average Bonchev–Trinajstić information content (AvgIpc) is 3.23. The molecule has 1 aromatic heterocycles. The summed E-state index contributed by atoms with van der Waals surface area (Å²) in [7, 11) is 0. The lowest BCUT2D eigenvalue weighted by atomic mass is 10.1. The number of rotatable bonds is 7. The number of carbonyl (C=O) groups excluding carboxylic acids is 1. The molecule has 1 fully saturated rings. The Hall–Kier alpha value is -3.30. The molecule has 31 heavy (non-hydrogen) atoms. The van der Waals surface area contributed by atoms with Crippen molar-refractivity contribution in [2.45, 2.75) is 13.0 Å². The van der Waals surface area contributed by atoms with Crippen LogP contribution in [-0.2, 0) is 17.8 Å². The van der Waals surface area contributed by atoms with E-state index in [0.29, 0.717) is 23.7 Å². The second-order valence-corrected chi connectivity index (χ2v) is 8.33. The van der Waals surface area contributed by atoms with Crippen LogP contribution in [0.1, 0.15) is 21.5 Å². The molecule has 0 radical (unpaired) electrons. The summed E-state index contributed by atoms with van der Waals surface area (Å²) >= 11 is 1.38. The Morgan fingerprint density at radius 3 is 2.45 bits per heavy atom. The van der Waals surface area contributed by atoms with E-state index in [9.17, 15) is 9.59 Å². The number of amides is 1. The zero-order valence-corrected chi connectivity index (χ0v) is 17.7. The highest BCUT2D eigenvalue weighted by molar-refractivity contribution is 7.19. The molecule has 3 aromatic rings. The van der Waals surface area contributed by atoms with Crippen molar-refractivity contribution in [1.82, 2.24) is 15.1 Å². The third-order valence-corrected chi connectivity index (χ3v) is 5.99. The molecular formula is C22H23N5O3S. The molecule has 1 aliphatic rings. The van der Waals surface area contributed by atoms with Gasteiger partial charge in [-0.25, -0.2) is 4.79 Å². The Labute approximate surface area is 184 Å². The molecule has 0 spiro atoms. The Kier molecular flexibility index (Phi) is 6.54. The number of benzene rings is 2. The molecule has 0 aliphatic carbocycles. The Bertz CT molecular complexity index is 1050. The summed E-state index contributed by atoms with van der Waals surface area (Å²) in [5, 5.41) is 21.6. The molecule has 4 rings (SSSR count). The van der Waals surface area contributed by atoms with E-state index in [4.69, 9.17) is 5.11 Å². The number of piperazine rings is 1. The van der Waals surface area contributed by atoms with Crippen LogP contribution >= 0.6 is 11.3 Å². The topological polar surface area (TPSA) is 98.7 Å². The number of carboxylic acid groups (broad SMARTS) is 1. The standard InChI is InChI=1S/C22H23N5O3S/c28-19(14-16-5-2-1-3-6-16)23-21-24-25-22(31-21)27-11-9-26(10-12-27)15-17-7-4-8-18(13-17)20(29)30/h1-8,13H,9-12,14-15H2,(H,29,30)(H,23,24,28). The monoisotopic (exact) mass is 437 g/mol. The van der Waals surface area contributed by atoms with Crippen molar-refractivity contribution in [3.8, 4) is 0 Å². The Balaban J connectivity index is 1.27. The van der Waals surface area contributed by atoms with Gasteiger partial charge >= 0.3 is 5.97 Å². The highest BCUT2D eigenvalue weighted by atomic mass is 32.1. The third-order valence-electron chi connectivity index (χ3n) is 5.09. The quantitative estimate of drug-likeness (QED) is 0.586. The van der Waals surface area contributed by atoms with E-state index < -0.39 is 5.97 Å². The summed E-state index contributed by atoms with van der Waals surface area (Å²) in [5.74, 6) is -1.02. The first kappa shape index (κ1) is 21.0. The normalized spacial score (nSPS) is 14.4. The van der Waals surface area contributed by atoms with Gasteiger partial charge in [0.2, 0.25) is 16.2 Å². The minimum Gasteiger partial charge on any atom is -0.478 e. The summed E-state index contributed by atoms with van der Waals surface area (Å²) in [6.07, 6.45) is 0.303. The first-order valence-electron chi connectivity index (χ1n) is 10.0. The van der Waals surface area contributed by atoms with Crippen molar-refractivity contribution in [3.05, 3.63) is 71.3 Å². The number of carboxylic acids is 1. The fraction of sp³-hybridized carbons (Fsp3) is 0.273. The van der Waals surface area contributed by atoms with E-state index in [1.54, 1.807) is 18.2 Å². The Morgan fingerprint density at radius 2 is 1.71 bits per heavy atom. The fourth-order valence-electron chi connectivity index (χ4n) is 3.50. The lowest BCUT2D eigenvalue weighted by molar-refractivity contribution is -0.115. The number of hydrogen-bond donors (Lipinski definition) is 2. The lowest BCUT2D eigenvalue weighted by Crippen LogP contribution is -2.45. The van der Waals surface area contributed by atoms with Crippen LogP contribution in [0.25, 0.3) is 0 Å². The molecular weight excluding hydrogens is 414 g/mol. The molecule has 0 saturated carbocycles. The number of nitrogens with zero attached hydrogens (tertiary/aromatic N) is 4. The molecule has 0 bridgehead atoms. The van der Waals surface area contributed by atoms with Crippen LogP contribution in [0.15, 0.2) is 54.6 Å². The zero-order chi connectivity index (χ0) is 21.6. The first-order chi connectivity index (χ1) is 15.1. The number of carbonyl (C=O) groups is 2. The second-order valence-electron chi connectivity index (χ2n) is 7.37. The van der Waals surface area contributed by atoms with Gasteiger partial charge in [-0.2, -0.15) is 0 Å². The summed E-state index contributed by atoms with van der Waals surface area (Å²) < 4.78 is 0. The highest BCUT2D eigenvalue weighted by Gasteiger charge is 2.21. The minimum absolute atomic E-state index is 0.109. The predicted octanol–water partition coefficient (Wildman–Crippen LogP) is 2.74. The van der Waals surface area contributed by atoms with E-state index in [0.717, 1.165) is 42.4 Å². The van der Waals surface area contributed by atoms with Gasteiger partial charge in [0.05, 0.1) is 12.0 Å². The van der Waals surface area contributed by atoms with E-state index >= 15 is 0 Å². The van der Waals surface area contributed by atoms with Gasteiger partial charge in [-0.05, 0) is 23.3 Å². The summed E-state index contributed by atoms with van der Waals surface area (Å²) in [5.41, 5.74) is 2.26. The molecule has 2 aromatic carbocycles. The number of hydrogen-bond acceptors (Lipinski definition) is 7. The predicted molar refractivity (Wildman–Crippen MR) is 120 cm³/mol. The maximum absolute atomic E-state index is 12.2. The van der Waals surface area contributed by atoms with Crippen LogP contribution in [0.2, 0.25) is 0 Å². The van der Waals surface area contributed by atoms with E-state index in [2.05, 4.69) is 25.3 Å². The van der Waals surface area contributed by atoms with Gasteiger partial charge in [-0.1, -0.05) is 53.8 Å². The maximum Gasteiger partial charge on any atom is 0.335 e. The van der Waals surface area contributed by atoms with E-state index in [1.807, 2.05) is 36.4 Å². The molecule has 2 heterocycles. The Morgan fingerprint density at radius 1 is 0.968 bits per heavy atom. The maximum atomic E-state index is 12.2. The third kappa shape index (κ3) is 5.65. The van der Waals surface area contributed by atoms with Crippen LogP contribution in [-0.4, -0.2) is 58.3 Å². The van der Waals surface area contributed by atoms with Crippen LogP contribution in [0.5, 0.6) is 0 Å². The fourth-order valence-corrected chi connectivity index (χ4v) is 4.31. The first-order valence-corrected chi connectivity index (χ1v) is 10.9. The molecule has 1 saturated heterocycles. The van der Waals surface area contributed by atoms with E-state index in [1.165, 1.54) is 11.3 Å². The van der Waals surface area contributed by atoms with Crippen LogP contribution in [0.4, 0.5) is 10.3 Å². The lowest BCUT2D eigenvalue weighted by Gasteiger charge is -2.34. The van der Waals surface area contributed by atoms with Crippen LogP contribution in [0, 0.1) is 0 Å². The van der Waals surface area contributed by atoms with Crippen LogP contribution < -0.4 is 10.2 Å². The van der Waals surface area contributed by atoms with Gasteiger partial charge in [-0.15, -0.1) is 10.2 Å². The van der Waals surface area contributed by atoms with Crippen molar-refractivity contribution >= 4 is 33.5 Å². The molecule has 1 amide bonds. The molecule has 1 aliphatic heterocycles. The van der Waals surface area contributed by atoms with Gasteiger partial charge in [-0.3, -0.25) is 9.69 Å². The highest BCUT2D eigenvalue weighted by Crippen LogP contribution is 2.25. The second kappa shape index (κ2) is 9.67. The summed E-state index contributed by atoms with van der Waals surface area (Å²) in [6.45, 7) is 3.99. The van der Waals surface area contributed by atoms with E-state index in [-0.39, 0.29) is 5.91 Å². The van der Waals surface area contributed by atoms with Crippen molar-refractivity contribution in [3.63, 3.8) is 0 Å². The van der Waals surface area contributed by atoms with Crippen molar-refractivity contribution in [2.75, 3.05) is 36.4 Å². The zero-order valence-electron chi connectivity index (χ0n) is 16.9. The molecule has 9 heteroatoms. The van der Waals surface area contributed by atoms with Gasteiger partial charge in [0.1, 0.15) is 0 Å². The average molecular weight is 438 g/mol. The smallest absolute Gasteiger partial charge is 0.335 e. The van der Waals surface area contributed by atoms with Gasteiger partial charge in [0, 0.05) is 32.7 Å².